The van der Waals surface area contributed by atoms with Crippen LogP contribution in [0.5, 0.6) is 0 Å². The molecule has 0 saturated carbocycles. The molecule has 0 spiro atoms. The van der Waals surface area contributed by atoms with E-state index in [1.165, 1.54) is 0 Å². The van der Waals surface area contributed by atoms with Gasteiger partial charge < -0.3 is 10.1 Å². The average molecular weight is 226 g/mol. The normalized spacial score (nSPS) is 14.1. The predicted octanol–water partition coefficient (Wildman–Crippen LogP) is 0.853. The number of nitrogens with one attached hydrogen (secondary N) is 1. The lowest BCUT2D eigenvalue weighted by molar-refractivity contribution is -0.00872. The summed E-state index contributed by atoms with van der Waals surface area (Å²) in [6, 6.07) is 0.215. The fraction of sp³-hybridized carbons (Fsp3) is 0.818. The summed E-state index contributed by atoms with van der Waals surface area (Å²) in [5.41, 5.74) is -0.223. The molecular formula is C11H22N4O. The van der Waals surface area contributed by atoms with Crippen molar-refractivity contribution in [2.24, 2.45) is 0 Å². The van der Waals surface area contributed by atoms with Gasteiger partial charge in [0.1, 0.15) is 12.2 Å². The summed E-state index contributed by atoms with van der Waals surface area (Å²) in [6.07, 6.45) is 2.41. The molecule has 1 aromatic rings. The van der Waals surface area contributed by atoms with Crippen molar-refractivity contribution in [3.63, 3.8) is 0 Å². The van der Waals surface area contributed by atoms with Gasteiger partial charge in [0.15, 0.2) is 0 Å². The van der Waals surface area contributed by atoms with Crippen molar-refractivity contribution in [3.05, 3.63) is 12.2 Å². The summed E-state index contributed by atoms with van der Waals surface area (Å²) in [4.78, 5) is 4.28. The number of aromatic nitrogens is 3. The lowest BCUT2D eigenvalue weighted by atomic mass is 9.95. The maximum Gasteiger partial charge on any atom is 0.138 e. The number of ether oxygens (including phenoxy) is 1. The third kappa shape index (κ3) is 2.80. The molecule has 0 aliphatic rings. The van der Waals surface area contributed by atoms with E-state index in [9.17, 15) is 0 Å². The number of rotatable bonds is 6. The molecule has 1 rings (SSSR count). The van der Waals surface area contributed by atoms with Crippen molar-refractivity contribution in [1.29, 1.82) is 0 Å². The van der Waals surface area contributed by atoms with Crippen LogP contribution in [0.4, 0.5) is 0 Å². The number of likely N-dealkylation sites (N-methyl/N-ethyl adjacent to an activating group) is 1. The third-order valence-corrected chi connectivity index (χ3v) is 3.10. The Labute approximate surface area is 97.2 Å². The maximum absolute atomic E-state index is 5.49. The quantitative estimate of drug-likeness (QED) is 0.781. The molecule has 0 saturated heterocycles. The first-order chi connectivity index (χ1) is 7.55. The topological polar surface area (TPSA) is 52.0 Å². The van der Waals surface area contributed by atoms with Gasteiger partial charge in [-0.1, -0.05) is 0 Å². The Kier molecular flexibility index (Phi) is 4.44. The number of nitrogens with zero attached hydrogens (tertiary/aromatic N) is 3. The van der Waals surface area contributed by atoms with E-state index >= 15 is 0 Å². The van der Waals surface area contributed by atoms with Crippen molar-refractivity contribution >= 4 is 0 Å². The summed E-state index contributed by atoms with van der Waals surface area (Å²) < 4.78 is 7.41. The van der Waals surface area contributed by atoms with E-state index in [2.05, 4.69) is 36.2 Å². The minimum atomic E-state index is -0.223. The van der Waals surface area contributed by atoms with Crippen molar-refractivity contribution < 1.29 is 4.74 Å². The summed E-state index contributed by atoms with van der Waals surface area (Å²) >= 11 is 0. The summed E-state index contributed by atoms with van der Waals surface area (Å²) in [7, 11) is 3.67. The van der Waals surface area contributed by atoms with E-state index in [0.717, 1.165) is 18.8 Å². The molecule has 0 bridgehead atoms. The number of aryl methyl sites for hydroxylation is 1. The van der Waals surface area contributed by atoms with Gasteiger partial charge in [-0.25, -0.2) is 4.98 Å². The van der Waals surface area contributed by atoms with E-state index in [1.807, 2.05) is 11.7 Å². The molecule has 0 amide bonds. The highest BCUT2D eigenvalue weighted by Gasteiger charge is 2.29. The molecule has 0 fully saturated rings. The lowest BCUT2D eigenvalue weighted by Gasteiger charge is -2.32. The van der Waals surface area contributed by atoms with Crippen LogP contribution in [-0.4, -0.2) is 40.6 Å². The Hall–Kier alpha value is -0.940. The largest absolute Gasteiger partial charge is 0.377 e. The monoisotopic (exact) mass is 226 g/mol. The fourth-order valence-corrected chi connectivity index (χ4v) is 1.73. The maximum atomic E-state index is 5.49. The second-order valence-corrected chi connectivity index (χ2v) is 4.34. The van der Waals surface area contributed by atoms with Crippen molar-refractivity contribution in [1.82, 2.24) is 20.1 Å². The average Bonchev–Trinajstić information content (AvgIpc) is 2.72. The standard InChI is InChI=1S/C11H22N4O/c1-6-15-10(13-8-14-15)7-9(12-4)11(2,3)16-5/h8-9,12H,6-7H2,1-5H3. The van der Waals surface area contributed by atoms with Gasteiger partial charge in [0.2, 0.25) is 0 Å². The zero-order chi connectivity index (χ0) is 12.2. The molecule has 1 heterocycles. The lowest BCUT2D eigenvalue weighted by Crippen LogP contribution is -2.48. The van der Waals surface area contributed by atoms with E-state index in [0.29, 0.717) is 0 Å². The Balaban J connectivity index is 2.78. The first kappa shape index (κ1) is 13.1. The zero-order valence-corrected chi connectivity index (χ0v) is 10.8. The van der Waals surface area contributed by atoms with Crippen LogP contribution >= 0.6 is 0 Å². The van der Waals surface area contributed by atoms with E-state index in [-0.39, 0.29) is 11.6 Å². The summed E-state index contributed by atoms with van der Waals surface area (Å²) in [6.45, 7) is 7.05. The van der Waals surface area contributed by atoms with Gasteiger partial charge >= 0.3 is 0 Å². The van der Waals surface area contributed by atoms with Gasteiger partial charge in [0.05, 0.1) is 5.60 Å². The smallest absolute Gasteiger partial charge is 0.138 e. The minimum Gasteiger partial charge on any atom is -0.377 e. The van der Waals surface area contributed by atoms with Crippen molar-refractivity contribution in [2.45, 2.75) is 45.4 Å². The molecule has 0 radical (unpaired) electrons. The molecule has 0 aromatic carbocycles. The zero-order valence-electron chi connectivity index (χ0n) is 10.8. The Morgan fingerprint density at radius 1 is 1.56 bits per heavy atom. The van der Waals surface area contributed by atoms with Crippen LogP contribution < -0.4 is 5.32 Å². The van der Waals surface area contributed by atoms with Gasteiger partial charge in [0.25, 0.3) is 0 Å². The molecule has 1 atom stereocenters. The Morgan fingerprint density at radius 3 is 2.75 bits per heavy atom. The van der Waals surface area contributed by atoms with E-state index in [4.69, 9.17) is 4.74 Å². The first-order valence-electron chi connectivity index (χ1n) is 5.64. The van der Waals surface area contributed by atoms with E-state index < -0.39 is 0 Å². The van der Waals surface area contributed by atoms with Gasteiger partial charge in [-0.15, -0.1) is 0 Å². The van der Waals surface area contributed by atoms with Crippen LogP contribution in [0, 0.1) is 0 Å². The van der Waals surface area contributed by atoms with Crippen LogP contribution in [0.15, 0.2) is 6.33 Å². The fourth-order valence-electron chi connectivity index (χ4n) is 1.73. The first-order valence-corrected chi connectivity index (χ1v) is 5.64. The highest BCUT2D eigenvalue weighted by atomic mass is 16.5. The minimum absolute atomic E-state index is 0.215. The van der Waals surface area contributed by atoms with Gasteiger partial charge in [0, 0.05) is 26.1 Å². The van der Waals surface area contributed by atoms with Crippen LogP contribution in [0.1, 0.15) is 26.6 Å². The highest BCUT2D eigenvalue weighted by molar-refractivity contribution is 4.95. The molecule has 1 N–H and O–H groups in total. The molecule has 5 nitrogen and oxygen atoms in total. The summed E-state index contributed by atoms with van der Waals surface area (Å²) in [5, 5.41) is 7.44. The molecule has 5 heteroatoms. The molecule has 92 valence electrons. The van der Waals surface area contributed by atoms with Crippen LogP contribution in [0.25, 0.3) is 0 Å². The van der Waals surface area contributed by atoms with Crippen LogP contribution in [0.2, 0.25) is 0 Å². The molecule has 16 heavy (non-hydrogen) atoms. The molecule has 0 aliphatic carbocycles. The Morgan fingerprint density at radius 2 is 2.25 bits per heavy atom. The third-order valence-electron chi connectivity index (χ3n) is 3.10. The van der Waals surface area contributed by atoms with Gasteiger partial charge in [-0.3, -0.25) is 4.68 Å². The SMILES string of the molecule is CCn1ncnc1CC(NC)C(C)(C)OC. The van der Waals surface area contributed by atoms with Crippen LogP contribution in [0.3, 0.4) is 0 Å². The summed E-state index contributed by atoms with van der Waals surface area (Å²) in [5.74, 6) is 0.993. The number of hydrogen-bond acceptors (Lipinski definition) is 4. The predicted molar refractivity (Wildman–Crippen MR) is 63.3 cm³/mol. The van der Waals surface area contributed by atoms with Gasteiger partial charge in [-0.2, -0.15) is 5.10 Å². The van der Waals surface area contributed by atoms with Crippen molar-refractivity contribution in [2.75, 3.05) is 14.2 Å². The highest BCUT2D eigenvalue weighted by Crippen LogP contribution is 2.16. The second kappa shape index (κ2) is 5.41. The molecule has 1 aromatic heterocycles. The molecular weight excluding hydrogens is 204 g/mol. The Bertz CT molecular complexity index is 322. The van der Waals surface area contributed by atoms with E-state index in [1.54, 1.807) is 13.4 Å². The van der Waals surface area contributed by atoms with Crippen molar-refractivity contribution in [3.8, 4) is 0 Å². The number of methoxy groups -OCH3 is 1. The second-order valence-electron chi connectivity index (χ2n) is 4.34. The van der Waals surface area contributed by atoms with Crippen LogP contribution in [-0.2, 0) is 17.7 Å². The van der Waals surface area contributed by atoms with Gasteiger partial charge in [-0.05, 0) is 27.8 Å². The molecule has 0 aliphatic heterocycles. The number of hydrogen-bond donors (Lipinski definition) is 1. The molecule has 1 unspecified atom stereocenters.